The molecule has 2 saturated heterocycles. The average Bonchev–Trinajstić information content (AvgIpc) is 2.90. The number of hydrogen-bond donors (Lipinski definition) is 1. The maximum absolute atomic E-state index is 12.4. The van der Waals surface area contributed by atoms with Crippen LogP contribution < -0.4 is 10.1 Å². The van der Waals surface area contributed by atoms with Crippen LogP contribution in [-0.4, -0.2) is 48.8 Å². The van der Waals surface area contributed by atoms with Gasteiger partial charge in [-0.15, -0.1) is 24.2 Å². The molecule has 23 heavy (non-hydrogen) atoms. The minimum Gasteiger partial charge on any atom is -0.497 e. The van der Waals surface area contributed by atoms with Gasteiger partial charge in [-0.05, 0) is 49.9 Å². The van der Waals surface area contributed by atoms with Gasteiger partial charge in [0.25, 0.3) is 0 Å². The summed E-state index contributed by atoms with van der Waals surface area (Å²) in [5, 5.41) is 3.63. The Morgan fingerprint density at radius 1 is 1.26 bits per heavy atom. The number of nitrogens with zero attached hydrogens (tertiary/aromatic N) is 1. The highest BCUT2D eigenvalue weighted by molar-refractivity contribution is 8.00. The van der Waals surface area contributed by atoms with Gasteiger partial charge >= 0.3 is 0 Å². The zero-order valence-electron chi connectivity index (χ0n) is 13.7. The van der Waals surface area contributed by atoms with Gasteiger partial charge in [-0.1, -0.05) is 0 Å². The van der Waals surface area contributed by atoms with Gasteiger partial charge in [0.15, 0.2) is 0 Å². The van der Waals surface area contributed by atoms with Crippen LogP contribution in [0.3, 0.4) is 0 Å². The molecule has 2 bridgehead atoms. The molecule has 2 aliphatic rings. The number of thioether (sulfide) groups is 1. The van der Waals surface area contributed by atoms with Crippen molar-refractivity contribution >= 4 is 30.1 Å². The average molecular weight is 357 g/mol. The number of halogens is 1. The van der Waals surface area contributed by atoms with E-state index in [2.05, 4.69) is 5.32 Å². The summed E-state index contributed by atoms with van der Waals surface area (Å²) >= 11 is 1.59. The fourth-order valence-electron chi connectivity index (χ4n) is 3.47. The molecule has 1 N–H and O–H groups in total. The third-order valence-corrected chi connectivity index (χ3v) is 5.81. The van der Waals surface area contributed by atoms with E-state index in [1.807, 2.05) is 36.2 Å². The number of hydrogen-bond acceptors (Lipinski definition) is 4. The minimum absolute atomic E-state index is 0. The van der Waals surface area contributed by atoms with Gasteiger partial charge in [-0.3, -0.25) is 4.79 Å². The molecular weight excluding hydrogens is 332 g/mol. The van der Waals surface area contributed by atoms with Crippen LogP contribution in [0.2, 0.25) is 0 Å². The monoisotopic (exact) mass is 356 g/mol. The Morgan fingerprint density at radius 2 is 1.87 bits per heavy atom. The number of benzene rings is 1. The summed E-state index contributed by atoms with van der Waals surface area (Å²) in [5.41, 5.74) is 0. The van der Waals surface area contributed by atoms with Gasteiger partial charge < -0.3 is 15.0 Å². The van der Waals surface area contributed by atoms with Crippen LogP contribution in [0.25, 0.3) is 0 Å². The molecule has 1 aromatic rings. The van der Waals surface area contributed by atoms with E-state index in [9.17, 15) is 4.79 Å². The molecule has 6 heteroatoms. The normalized spacial score (nSPS) is 25.6. The Hall–Kier alpha value is -0.910. The predicted molar refractivity (Wildman–Crippen MR) is 96.7 cm³/mol. The molecule has 0 aliphatic carbocycles. The second-order valence-electron chi connectivity index (χ2n) is 6.23. The van der Waals surface area contributed by atoms with Crippen molar-refractivity contribution in [2.24, 2.45) is 0 Å². The lowest BCUT2D eigenvalue weighted by atomic mass is 9.98. The summed E-state index contributed by atoms with van der Waals surface area (Å²) in [6, 6.07) is 9.51. The molecule has 2 fully saturated rings. The number of rotatable bonds is 5. The Kier molecular flexibility index (Phi) is 6.62. The summed E-state index contributed by atoms with van der Waals surface area (Å²) in [7, 11) is 3.62. The van der Waals surface area contributed by atoms with Crippen molar-refractivity contribution in [1.82, 2.24) is 10.2 Å². The van der Waals surface area contributed by atoms with Crippen molar-refractivity contribution in [3.05, 3.63) is 24.3 Å². The molecule has 128 valence electrons. The summed E-state index contributed by atoms with van der Waals surface area (Å²) in [6.45, 7) is 0. The first-order valence-electron chi connectivity index (χ1n) is 7.94. The minimum atomic E-state index is 0. The molecule has 1 aromatic carbocycles. The van der Waals surface area contributed by atoms with E-state index < -0.39 is 0 Å². The van der Waals surface area contributed by atoms with Crippen molar-refractivity contribution in [2.75, 3.05) is 19.9 Å². The number of nitrogens with one attached hydrogen (secondary N) is 1. The lowest BCUT2D eigenvalue weighted by Gasteiger charge is -2.35. The van der Waals surface area contributed by atoms with Gasteiger partial charge in [0.2, 0.25) is 5.91 Å². The number of amides is 1. The summed E-state index contributed by atoms with van der Waals surface area (Å²) in [6.07, 6.45) is 4.74. The Balaban J connectivity index is 0.00000192. The number of carbonyl (C=O) groups excluding carboxylic acids is 1. The first kappa shape index (κ1) is 18.4. The van der Waals surface area contributed by atoms with E-state index in [0.717, 1.165) is 23.5 Å². The fraction of sp³-hybridized carbons (Fsp3) is 0.588. The summed E-state index contributed by atoms with van der Waals surface area (Å²) in [5.74, 6) is 1.58. The van der Waals surface area contributed by atoms with Crippen molar-refractivity contribution in [3.8, 4) is 5.75 Å². The Bertz CT molecular complexity index is 514. The molecule has 2 atom stereocenters. The number of piperidine rings is 1. The third kappa shape index (κ3) is 4.55. The summed E-state index contributed by atoms with van der Waals surface area (Å²) < 4.78 is 5.15. The van der Waals surface area contributed by atoms with E-state index in [0.29, 0.717) is 23.9 Å². The van der Waals surface area contributed by atoms with Gasteiger partial charge in [-0.2, -0.15) is 0 Å². The van der Waals surface area contributed by atoms with Crippen molar-refractivity contribution in [2.45, 2.75) is 48.7 Å². The molecule has 2 unspecified atom stereocenters. The zero-order valence-corrected chi connectivity index (χ0v) is 15.3. The van der Waals surface area contributed by atoms with E-state index >= 15 is 0 Å². The van der Waals surface area contributed by atoms with Gasteiger partial charge in [0.1, 0.15) is 5.75 Å². The lowest BCUT2D eigenvalue weighted by Crippen LogP contribution is -2.49. The highest BCUT2D eigenvalue weighted by Crippen LogP contribution is 2.30. The molecule has 0 aromatic heterocycles. The molecule has 4 nitrogen and oxygen atoms in total. The van der Waals surface area contributed by atoms with Crippen molar-refractivity contribution < 1.29 is 9.53 Å². The van der Waals surface area contributed by atoms with Crippen LogP contribution in [0.5, 0.6) is 5.75 Å². The lowest BCUT2D eigenvalue weighted by molar-refractivity contribution is -0.129. The molecular formula is C17H25ClN2O2S. The van der Waals surface area contributed by atoms with Crippen molar-refractivity contribution in [3.63, 3.8) is 0 Å². The molecule has 0 radical (unpaired) electrons. The van der Waals surface area contributed by atoms with Crippen LogP contribution in [0.4, 0.5) is 0 Å². The first-order valence-corrected chi connectivity index (χ1v) is 8.93. The van der Waals surface area contributed by atoms with E-state index in [1.54, 1.807) is 18.9 Å². The third-order valence-electron chi connectivity index (χ3n) is 4.81. The topological polar surface area (TPSA) is 41.6 Å². The molecule has 0 spiro atoms. The molecule has 1 amide bonds. The first-order chi connectivity index (χ1) is 10.7. The maximum Gasteiger partial charge on any atom is 0.232 e. The second kappa shape index (κ2) is 8.27. The molecule has 0 saturated carbocycles. The highest BCUT2D eigenvalue weighted by atomic mass is 35.5. The van der Waals surface area contributed by atoms with Gasteiger partial charge in [0.05, 0.1) is 12.9 Å². The number of methoxy groups -OCH3 is 1. The van der Waals surface area contributed by atoms with E-state index in [4.69, 9.17) is 4.74 Å². The highest BCUT2D eigenvalue weighted by Gasteiger charge is 2.36. The molecule has 3 rings (SSSR count). The van der Waals surface area contributed by atoms with Crippen LogP contribution in [0.15, 0.2) is 29.2 Å². The largest absolute Gasteiger partial charge is 0.497 e. The zero-order chi connectivity index (χ0) is 15.5. The van der Waals surface area contributed by atoms with E-state index in [-0.39, 0.29) is 18.3 Å². The van der Waals surface area contributed by atoms with E-state index in [1.165, 1.54) is 12.8 Å². The number of carbonyl (C=O) groups is 1. The predicted octanol–water partition coefficient (Wildman–Crippen LogP) is 2.95. The van der Waals surface area contributed by atoms with Crippen LogP contribution >= 0.6 is 24.2 Å². The number of ether oxygens (including phenoxy) is 1. The van der Waals surface area contributed by atoms with Crippen LogP contribution in [0, 0.1) is 0 Å². The van der Waals surface area contributed by atoms with Crippen LogP contribution in [-0.2, 0) is 4.79 Å². The summed E-state index contributed by atoms with van der Waals surface area (Å²) in [4.78, 5) is 15.5. The quantitative estimate of drug-likeness (QED) is 0.823. The second-order valence-corrected chi connectivity index (χ2v) is 7.28. The van der Waals surface area contributed by atoms with Gasteiger partial charge in [0, 0.05) is 30.1 Å². The molecule has 2 aliphatic heterocycles. The SMILES string of the molecule is COc1ccc(SCC(=O)N(C)C2CC3CCC(C2)N3)cc1.Cl. The Labute approximate surface area is 148 Å². The van der Waals surface area contributed by atoms with Crippen LogP contribution in [0.1, 0.15) is 25.7 Å². The molecule has 2 heterocycles. The number of fused-ring (bicyclic) bond motifs is 2. The van der Waals surface area contributed by atoms with Gasteiger partial charge in [-0.25, -0.2) is 0 Å². The van der Waals surface area contributed by atoms with Crippen molar-refractivity contribution in [1.29, 1.82) is 0 Å². The maximum atomic E-state index is 12.4. The Morgan fingerprint density at radius 3 is 2.43 bits per heavy atom. The fourth-order valence-corrected chi connectivity index (χ4v) is 4.29. The smallest absolute Gasteiger partial charge is 0.232 e. The standard InChI is InChI=1S/C17H24N2O2S.ClH/c1-19(14-9-12-3-4-13(10-14)18-12)17(20)11-22-16-7-5-15(21-2)6-8-16;/h5-8,12-14,18H,3-4,9-11H2,1-2H3;1H.